The van der Waals surface area contributed by atoms with E-state index in [1.165, 1.54) is 11.1 Å². The van der Waals surface area contributed by atoms with Crippen LogP contribution in [0.5, 0.6) is 0 Å². The van der Waals surface area contributed by atoms with E-state index in [4.69, 9.17) is 5.11 Å². The van der Waals surface area contributed by atoms with Crippen LogP contribution in [0.2, 0.25) is 0 Å². The Bertz CT molecular complexity index is 593. The van der Waals surface area contributed by atoms with Crippen LogP contribution in [0.25, 0.3) is 0 Å². The maximum Gasteiger partial charge on any atom is 0.304 e. The minimum atomic E-state index is -0.767. The summed E-state index contributed by atoms with van der Waals surface area (Å²) in [5, 5.41) is 9.06. The lowest BCUT2D eigenvalue weighted by atomic mass is 10.1. The summed E-state index contributed by atoms with van der Waals surface area (Å²) in [5.74, 6) is -0.767. The average Bonchev–Trinajstić information content (AvgIpc) is 2.41. The standard InChI is InChI=1S/C17H18O2S/c1-12-8-9-15(13(2)10-12)20-16(11-17(18)19)14-6-4-3-5-7-14/h3-10,16H,11H2,1-2H3,(H,18,19). The molecule has 20 heavy (non-hydrogen) atoms. The first-order valence-electron chi connectivity index (χ1n) is 6.57. The van der Waals surface area contributed by atoms with Gasteiger partial charge in [-0.05, 0) is 31.0 Å². The third-order valence-corrected chi connectivity index (χ3v) is 4.57. The second kappa shape index (κ2) is 6.62. The number of rotatable bonds is 5. The number of benzene rings is 2. The Hall–Kier alpha value is -1.74. The molecule has 0 bridgehead atoms. The topological polar surface area (TPSA) is 37.3 Å². The molecule has 0 heterocycles. The molecule has 2 aromatic rings. The van der Waals surface area contributed by atoms with E-state index in [1.807, 2.05) is 30.3 Å². The van der Waals surface area contributed by atoms with Gasteiger partial charge in [-0.25, -0.2) is 0 Å². The molecule has 3 heteroatoms. The second-order valence-corrected chi connectivity index (χ2v) is 6.13. The van der Waals surface area contributed by atoms with E-state index in [2.05, 4.69) is 32.0 Å². The maximum absolute atomic E-state index is 11.1. The smallest absolute Gasteiger partial charge is 0.304 e. The molecule has 2 nitrogen and oxygen atoms in total. The van der Waals surface area contributed by atoms with Crippen LogP contribution >= 0.6 is 11.8 Å². The predicted molar refractivity (Wildman–Crippen MR) is 83.2 cm³/mol. The molecule has 1 N–H and O–H groups in total. The van der Waals surface area contributed by atoms with Crippen LogP contribution in [0.4, 0.5) is 0 Å². The number of carboxylic acid groups (broad SMARTS) is 1. The third kappa shape index (κ3) is 3.87. The fourth-order valence-electron chi connectivity index (χ4n) is 2.14. The molecule has 0 aliphatic rings. The van der Waals surface area contributed by atoms with Crippen LogP contribution in [0, 0.1) is 13.8 Å². The van der Waals surface area contributed by atoms with Crippen LogP contribution < -0.4 is 0 Å². The van der Waals surface area contributed by atoms with Gasteiger partial charge in [-0.3, -0.25) is 4.79 Å². The van der Waals surface area contributed by atoms with E-state index in [0.717, 1.165) is 10.5 Å². The molecule has 104 valence electrons. The Morgan fingerprint density at radius 3 is 2.45 bits per heavy atom. The first-order valence-corrected chi connectivity index (χ1v) is 7.45. The van der Waals surface area contributed by atoms with Gasteiger partial charge in [0.1, 0.15) is 0 Å². The van der Waals surface area contributed by atoms with E-state index in [1.54, 1.807) is 11.8 Å². The number of thioether (sulfide) groups is 1. The fourth-order valence-corrected chi connectivity index (χ4v) is 3.36. The fraction of sp³-hybridized carbons (Fsp3) is 0.235. The van der Waals surface area contributed by atoms with Gasteiger partial charge in [0.05, 0.1) is 6.42 Å². The summed E-state index contributed by atoms with van der Waals surface area (Å²) >= 11 is 1.62. The first-order chi connectivity index (χ1) is 9.56. The molecule has 0 aliphatic heterocycles. The molecular formula is C17H18O2S. The Kier molecular flexibility index (Phi) is 4.85. The van der Waals surface area contributed by atoms with E-state index in [9.17, 15) is 4.79 Å². The van der Waals surface area contributed by atoms with Crippen LogP contribution in [-0.2, 0) is 4.79 Å². The van der Waals surface area contributed by atoms with Gasteiger partial charge in [-0.1, -0.05) is 48.0 Å². The zero-order valence-electron chi connectivity index (χ0n) is 11.7. The van der Waals surface area contributed by atoms with Crippen molar-refractivity contribution in [3.05, 3.63) is 65.2 Å². The zero-order valence-corrected chi connectivity index (χ0v) is 12.5. The SMILES string of the molecule is Cc1ccc(SC(CC(=O)O)c2ccccc2)c(C)c1. The lowest BCUT2D eigenvalue weighted by Gasteiger charge is -2.16. The summed E-state index contributed by atoms with van der Waals surface area (Å²) in [6, 6.07) is 16.1. The number of aliphatic carboxylic acids is 1. The average molecular weight is 286 g/mol. The molecule has 2 aromatic carbocycles. The van der Waals surface area contributed by atoms with Crippen molar-refractivity contribution in [3.63, 3.8) is 0 Å². The highest BCUT2D eigenvalue weighted by Gasteiger charge is 2.17. The van der Waals surface area contributed by atoms with E-state index >= 15 is 0 Å². The minimum absolute atomic E-state index is 0.0601. The van der Waals surface area contributed by atoms with Crippen molar-refractivity contribution in [2.45, 2.75) is 30.4 Å². The van der Waals surface area contributed by atoms with Gasteiger partial charge in [0.25, 0.3) is 0 Å². The molecule has 0 fully saturated rings. The van der Waals surface area contributed by atoms with Crippen LogP contribution in [0.15, 0.2) is 53.4 Å². The van der Waals surface area contributed by atoms with Crippen molar-refractivity contribution < 1.29 is 9.90 Å². The van der Waals surface area contributed by atoms with Crippen molar-refractivity contribution in [2.24, 2.45) is 0 Å². The highest BCUT2D eigenvalue weighted by Crippen LogP contribution is 2.39. The van der Waals surface area contributed by atoms with Gasteiger partial charge in [-0.15, -0.1) is 11.8 Å². The first kappa shape index (κ1) is 14.7. The molecule has 0 radical (unpaired) electrons. The summed E-state index contributed by atoms with van der Waals surface area (Å²) in [7, 11) is 0. The van der Waals surface area contributed by atoms with Crippen LogP contribution in [0.3, 0.4) is 0 Å². The summed E-state index contributed by atoms with van der Waals surface area (Å²) in [4.78, 5) is 12.2. The normalized spacial score (nSPS) is 12.1. The van der Waals surface area contributed by atoms with Crippen molar-refractivity contribution in [3.8, 4) is 0 Å². The lowest BCUT2D eigenvalue weighted by Crippen LogP contribution is -2.03. The summed E-state index contributed by atoms with van der Waals surface area (Å²) in [5.41, 5.74) is 3.47. The quantitative estimate of drug-likeness (QED) is 0.815. The monoisotopic (exact) mass is 286 g/mol. The molecule has 0 saturated carbocycles. The molecule has 0 spiro atoms. The number of carboxylic acids is 1. The predicted octanol–water partition coefficient (Wildman–Crippen LogP) is 4.61. The van der Waals surface area contributed by atoms with E-state index < -0.39 is 5.97 Å². The summed E-state index contributed by atoms with van der Waals surface area (Å²) < 4.78 is 0. The van der Waals surface area contributed by atoms with Gasteiger partial charge in [0.15, 0.2) is 0 Å². The largest absolute Gasteiger partial charge is 0.481 e. The number of carbonyl (C=O) groups is 1. The molecule has 0 amide bonds. The van der Waals surface area contributed by atoms with Gasteiger partial charge in [0, 0.05) is 10.1 Å². The molecular weight excluding hydrogens is 268 g/mol. The second-order valence-electron chi connectivity index (χ2n) is 4.88. The molecule has 2 rings (SSSR count). The van der Waals surface area contributed by atoms with Crippen LogP contribution in [0.1, 0.15) is 28.4 Å². The van der Waals surface area contributed by atoms with E-state index in [-0.39, 0.29) is 11.7 Å². The third-order valence-electron chi connectivity index (χ3n) is 3.13. The Balaban J connectivity index is 2.26. The van der Waals surface area contributed by atoms with Crippen LogP contribution in [-0.4, -0.2) is 11.1 Å². The van der Waals surface area contributed by atoms with Gasteiger partial charge in [0.2, 0.25) is 0 Å². The van der Waals surface area contributed by atoms with Crippen molar-refractivity contribution in [2.75, 3.05) is 0 Å². The molecule has 0 saturated heterocycles. The summed E-state index contributed by atoms with van der Waals surface area (Å²) in [6.45, 7) is 4.13. The van der Waals surface area contributed by atoms with Crippen molar-refractivity contribution in [1.29, 1.82) is 0 Å². The number of aryl methyl sites for hydroxylation is 2. The van der Waals surface area contributed by atoms with Gasteiger partial charge in [-0.2, -0.15) is 0 Å². The number of hydrogen-bond acceptors (Lipinski definition) is 2. The van der Waals surface area contributed by atoms with E-state index in [0.29, 0.717) is 0 Å². The summed E-state index contributed by atoms with van der Waals surface area (Å²) in [6.07, 6.45) is 0.127. The Morgan fingerprint density at radius 2 is 1.85 bits per heavy atom. The maximum atomic E-state index is 11.1. The molecule has 1 atom stereocenters. The highest BCUT2D eigenvalue weighted by molar-refractivity contribution is 7.99. The lowest BCUT2D eigenvalue weighted by molar-refractivity contribution is -0.137. The Morgan fingerprint density at radius 1 is 1.15 bits per heavy atom. The Labute approximate surface area is 123 Å². The molecule has 0 aliphatic carbocycles. The van der Waals surface area contributed by atoms with Gasteiger partial charge < -0.3 is 5.11 Å². The minimum Gasteiger partial charge on any atom is -0.481 e. The zero-order chi connectivity index (χ0) is 14.5. The van der Waals surface area contributed by atoms with Gasteiger partial charge >= 0.3 is 5.97 Å². The van der Waals surface area contributed by atoms with Crippen molar-refractivity contribution in [1.82, 2.24) is 0 Å². The highest BCUT2D eigenvalue weighted by atomic mass is 32.2. The van der Waals surface area contributed by atoms with Crippen molar-refractivity contribution >= 4 is 17.7 Å². The number of hydrogen-bond donors (Lipinski definition) is 1. The molecule has 0 aromatic heterocycles. The molecule has 1 unspecified atom stereocenters.